The molecule has 0 unspecified atom stereocenters. The minimum atomic E-state index is -3.33. The van der Waals surface area contributed by atoms with E-state index in [2.05, 4.69) is 135 Å². The van der Waals surface area contributed by atoms with Crippen LogP contribution in [0.25, 0.3) is 9.75 Å². The Morgan fingerprint density at radius 2 is 0.903 bits per heavy atom. The van der Waals surface area contributed by atoms with E-state index in [0.717, 1.165) is 0 Å². The van der Waals surface area contributed by atoms with Crippen LogP contribution in [0.5, 0.6) is 0 Å². The van der Waals surface area contributed by atoms with Crippen LogP contribution in [-0.4, -0.2) is 34.5 Å². The van der Waals surface area contributed by atoms with Gasteiger partial charge in [-0.05, 0) is 0 Å². The average molecular weight is 582 g/mol. The minimum absolute atomic E-state index is 1.38. The second kappa shape index (κ2) is 7.55. The molecule has 0 saturated carbocycles. The van der Waals surface area contributed by atoms with E-state index in [0.29, 0.717) is 0 Å². The number of hydrogen-bond donors (Lipinski definition) is 0. The molecule has 1 aliphatic heterocycles. The van der Waals surface area contributed by atoms with Gasteiger partial charge in [0.15, 0.2) is 0 Å². The van der Waals surface area contributed by atoms with E-state index >= 15 is 0 Å². The van der Waals surface area contributed by atoms with Crippen molar-refractivity contribution in [3.8, 4) is 9.75 Å². The van der Waals surface area contributed by atoms with Gasteiger partial charge in [0.25, 0.3) is 0 Å². The van der Waals surface area contributed by atoms with Gasteiger partial charge in [0.05, 0.1) is 0 Å². The molecule has 0 nitrogen and oxygen atoms in total. The summed E-state index contributed by atoms with van der Waals surface area (Å²) >= 11 is 0.921. The normalized spacial score (nSPS) is 15.0. The summed E-state index contributed by atoms with van der Waals surface area (Å²) < 4.78 is 9.97. The van der Waals surface area contributed by atoms with Crippen molar-refractivity contribution in [2.24, 2.45) is 0 Å². The van der Waals surface area contributed by atoms with Crippen LogP contribution < -0.4 is 23.3 Å². The Kier molecular flexibility index (Phi) is 5.34. The molecule has 2 aromatic carbocycles. The molecule has 5 rings (SSSR count). The van der Waals surface area contributed by atoms with Crippen molar-refractivity contribution in [2.45, 2.75) is 39.3 Å². The zero-order valence-electron chi connectivity index (χ0n) is 19.2. The summed E-state index contributed by atoms with van der Waals surface area (Å²) in [4.78, 5) is 3.23. The molecule has 0 fully saturated rings. The van der Waals surface area contributed by atoms with Gasteiger partial charge in [-0.15, -0.1) is 0 Å². The third kappa shape index (κ3) is 3.41. The van der Waals surface area contributed by atoms with E-state index in [-0.39, 0.29) is 0 Å². The number of fused-ring (bicyclic) bond motifs is 3. The van der Waals surface area contributed by atoms with Gasteiger partial charge in [0.1, 0.15) is 0 Å². The zero-order valence-corrected chi connectivity index (χ0v) is 25.7. The Balaban J connectivity index is 1.93. The first-order valence-electron chi connectivity index (χ1n) is 11.0. The number of benzene rings is 2. The fourth-order valence-electron chi connectivity index (χ4n) is 4.73. The van der Waals surface area contributed by atoms with Gasteiger partial charge >= 0.3 is 202 Å². The van der Waals surface area contributed by atoms with Gasteiger partial charge < -0.3 is 0 Å². The van der Waals surface area contributed by atoms with Crippen LogP contribution in [0.4, 0.5) is 0 Å². The predicted octanol–water partition coefficient (Wildman–Crippen LogP) is 4.26. The van der Waals surface area contributed by atoms with Gasteiger partial charge in [-0.2, -0.15) is 0 Å². The van der Waals surface area contributed by atoms with Crippen molar-refractivity contribution >= 4 is 80.5 Å². The first-order valence-corrected chi connectivity index (χ1v) is 25.4. The molecular weight excluding hydrogens is 551 g/mol. The summed E-state index contributed by atoms with van der Waals surface area (Å²) in [6.07, 6.45) is 0. The molecule has 0 saturated heterocycles. The fourth-order valence-corrected chi connectivity index (χ4v) is 29.6. The van der Waals surface area contributed by atoms with E-state index in [9.17, 15) is 0 Å². The molecule has 5 heteroatoms. The van der Waals surface area contributed by atoms with Gasteiger partial charge in [-0.3, -0.25) is 0 Å². The molecule has 0 aliphatic carbocycles. The molecule has 2 aromatic heterocycles. The molecule has 158 valence electrons. The predicted molar refractivity (Wildman–Crippen MR) is 151 cm³/mol. The topological polar surface area (TPSA) is 0 Å². The van der Waals surface area contributed by atoms with Crippen molar-refractivity contribution in [1.82, 2.24) is 0 Å². The molecule has 4 aromatic rings. The van der Waals surface area contributed by atoms with Crippen LogP contribution in [0.2, 0.25) is 39.3 Å². The van der Waals surface area contributed by atoms with Gasteiger partial charge in [0.2, 0.25) is 0 Å². The SMILES string of the molecule is C[Si](C)(C)c1c[c]2c(s1)-c1sc([Si](C)(C)C)c[c]1[Sn]2([c]1ccccc1)[c]1ccccc1. The standard InChI is InChI=1S/C14H20S2Si2.2C6H5.Sn/c1-17(2,3)13-9-7-11(15-13)12-8-10-14(16-12)18(4,5)6;2*1-2-4-6-5-3-1;/h9-10H,1-6H3;2*1-5H;. The molecule has 31 heavy (non-hydrogen) atoms. The van der Waals surface area contributed by atoms with Crippen LogP contribution in [-0.2, 0) is 0 Å². The summed E-state index contributed by atoms with van der Waals surface area (Å²) in [5, 5.41) is 0. The van der Waals surface area contributed by atoms with Gasteiger partial charge in [0, 0.05) is 0 Å². The number of hydrogen-bond acceptors (Lipinski definition) is 2. The van der Waals surface area contributed by atoms with Crippen molar-refractivity contribution in [3.05, 3.63) is 72.8 Å². The molecule has 0 bridgehead atoms. The monoisotopic (exact) mass is 582 g/mol. The van der Waals surface area contributed by atoms with E-state index in [1.807, 2.05) is 0 Å². The average Bonchev–Trinajstić information content (AvgIpc) is 3.39. The van der Waals surface area contributed by atoms with Crippen molar-refractivity contribution in [2.75, 3.05) is 0 Å². The van der Waals surface area contributed by atoms with Gasteiger partial charge in [-0.1, -0.05) is 0 Å². The maximum absolute atomic E-state index is 3.33. The summed E-state index contributed by atoms with van der Waals surface area (Å²) in [7, 11) is -2.75. The first kappa shape index (κ1) is 21.9. The van der Waals surface area contributed by atoms with Crippen LogP contribution in [0.15, 0.2) is 72.8 Å². The Bertz CT molecular complexity index is 1140. The van der Waals surface area contributed by atoms with Crippen molar-refractivity contribution < 1.29 is 0 Å². The summed E-state index contributed by atoms with van der Waals surface area (Å²) in [6.45, 7) is 15.0. The second-order valence-corrected chi connectivity index (χ2v) is 34.2. The Morgan fingerprint density at radius 1 is 0.548 bits per heavy atom. The summed E-state index contributed by atoms with van der Waals surface area (Å²) in [5.41, 5.74) is 0. The third-order valence-electron chi connectivity index (χ3n) is 6.37. The third-order valence-corrected chi connectivity index (χ3v) is 30.7. The maximum atomic E-state index is 2.67. The second-order valence-electron chi connectivity index (χ2n) is 10.7. The van der Waals surface area contributed by atoms with E-state index in [1.165, 1.54) is 0 Å². The molecule has 0 spiro atoms. The number of rotatable bonds is 4. The molecule has 0 atom stereocenters. The van der Waals surface area contributed by atoms with Crippen LogP contribution in [0, 0.1) is 0 Å². The Labute approximate surface area is 200 Å². The number of thiophene rings is 2. The molecule has 1 aliphatic rings. The Morgan fingerprint density at radius 3 is 1.23 bits per heavy atom. The van der Waals surface area contributed by atoms with Gasteiger partial charge in [-0.25, -0.2) is 0 Å². The quantitative estimate of drug-likeness (QED) is 0.279. The van der Waals surface area contributed by atoms with Crippen molar-refractivity contribution in [1.29, 1.82) is 0 Å². The molecule has 3 heterocycles. The molecule has 0 amide bonds. The van der Waals surface area contributed by atoms with Crippen molar-refractivity contribution in [3.63, 3.8) is 0 Å². The van der Waals surface area contributed by atoms with Crippen LogP contribution in [0.3, 0.4) is 0 Å². The molecule has 0 N–H and O–H groups in total. The summed E-state index contributed by atoms with van der Waals surface area (Å²) in [6, 6.07) is 28.4. The first-order chi connectivity index (χ1) is 14.6. The Hall–Kier alpha value is -0.928. The van der Waals surface area contributed by atoms with E-state index in [1.54, 1.807) is 33.1 Å². The molecular formula is C26H30S2Si2Sn. The van der Waals surface area contributed by atoms with Crippen LogP contribution in [0.1, 0.15) is 0 Å². The zero-order chi connectivity index (χ0) is 22.0. The molecule has 0 radical (unpaired) electrons. The summed E-state index contributed by atoms with van der Waals surface area (Å²) in [5.74, 6) is 0. The van der Waals surface area contributed by atoms with E-state index < -0.39 is 34.5 Å². The fraction of sp³-hybridized carbons (Fsp3) is 0.231. The van der Waals surface area contributed by atoms with Crippen LogP contribution >= 0.6 is 22.7 Å². The van der Waals surface area contributed by atoms with E-state index in [4.69, 9.17) is 0 Å².